The van der Waals surface area contributed by atoms with Gasteiger partial charge in [0.2, 0.25) is 5.95 Å². The average Bonchev–Trinajstić information content (AvgIpc) is 3.53. The van der Waals surface area contributed by atoms with E-state index >= 15 is 0 Å². The molecule has 2 aliphatic rings. The summed E-state index contributed by atoms with van der Waals surface area (Å²) < 4.78 is 69.8. The van der Waals surface area contributed by atoms with E-state index in [1.807, 2.05) is 41.6 Å². The summed E-state index contributed by atoms with van der Waals surface area (Å²) in [6.45, 7) is 4.20. The summed E-state index contributed by atoms with van der Waals surface area (Å²) in [4.78, 5) is 45.6. The molecule has 0 unspecified atom stereocenters. The number of hydrogen-bond acceptors (Lipinski definition) is 10. The number of hydrogen-bond donors (Lipinski definition) is 5. The second kappa shape index (κ2) is 18.8. The third-order valence-corrected chi connectivity index (χ3v) is 9.17. The molecule has 2 aliphatic heterocycles. The van der Waals surface area contributed by atoms with Crippen molar-refractivity contribution in [2.24, 2.45) is 5.92 Å². The number of thiophene rings is 1. The largest absolute Gasteiger partial charge is 0.493 e. The first-order valence-corrected chi connectivity index (χ1v) is 17.6. The number of aromatic nitrogens is 3. The fourth-order valence-corrected chi connectivity index (χ4v) is 6.11. The zero-order valence-corrected chi connectivity index (χ0v) is 30.4. The number of carboxylic acids is 2. The molecule has 296 valence electrons. The molecule has 0 spiro atoms. The van der Waals surface area contributed by atoms with Crippen LogP contribution < -0.4 is 20.7 Å². The molecule has 4 aromatic rings. The number of amides is 2. The number of anilines is 5. The molecule has 2 amide bonds. The second-order valence-corrected chi connectivity index (χ2v) is 13.5. The Morgan fingerprint density at radius 2 is 1.64 bits per heavy atom. The van der Waals surface area contributed by atoms with E-state index in [0.717, 1.165) is 78.4 Å². The van der Waals surface area contributed by atoms with Gasteiger partial charge in [0.05, 0.1) is 29.7 Å². The number of nitrogens with one attached hydrogen (secondary N) is 3. The van der Waals surface area contributed by atoms with E-state index in [2.05, 4.69) is 43.0 Å². The molecular formula is C34H34ClF6N7O6S. The summed E-state index contributed by atoms with van der Waals surface area (Å²) in [7, 11) is 0. The number of ether oxygens (including phenoxy) is 1. The SMILES string of the molecule is Cc1csc(NC(=O)N2CCC(CCOc3ccc4cc3CCc3cncc(c3)Nc3ncc(Cl)c(n3)N4)CC2)c1.O=C(O)C(F)(F)F.O=C(O)C(F)(F)F. The van der Waals surface area contributed by atoms with E-state index in [4.69, 9.17) is 36.1 Å². The lowest BCUT2D eigenvalue weighted by Crippen LogP contribution is -2.41. The van der Waals surface area contributed by atoms with Crippen LogP contribution in [0, 0.1) is 12.8 Å². The van der Waals surface area contributed by atoms with E-state index < -0.39 is 24.3 Å². The van der Waals surface area contributed by atoms with Gasteiger partial charge in [-0.1, -0.05) is 11.6 Å². The number of carboxylic acid groups (broad SMARTS) is 2. The van der Waals surface area contributed by atoms with Crippen molar-refractivity contribution in [1.82, 2.24) is 19.9 Å². The topological polar surface area (TPSA) is 179 Å². The van der Waals surface area contributed by atoms with Crippen LogP contribution in [0.25, 0.3) is 0 Å². The van der Waals surface area contributed by atoms with Crippen molar-refractivity contribution in [3.8, 4) is 5.75 Å². The molecule has 13 nitrogen and oxygen atoms in total. The van der Waals surface area contributed by atoms with Crippen LogP contribution in [0.3, 0.4) is 0 Å². The molecule has 21 heteroatoms. The van der Waals surface area contributed by atoms with Crippen molar-refractivity contribution < 1.29 is 55.7 Å². The quantitative estimate of drug-likeness (QED) is 0.122. The maximum absolute atomic E-state index is 12.6. The third kappa shape index (κ3) is 13.5. The molecule has 0 saturated carbocycles. The van der Waals surface area contributed by atoms with Crippen LogP contribution in [0.15, 0.2) is 54.3 Å². The van der Waals surface area contributed by atoms with Crippen LogP contribution in [0.2, 0.25) is 5.02 Å². The molecule has 1 aromatic carbocycles. The van der Waals surface area contributed by atoms with Gasteiger partial charge in [-0.05, 0) is 97.3 Å². The normalized spacial score (nSPS) is 14.1. The Morgan fingerprint density at radius 1 is 0.964 bits per heavy atom. The molecule has 1 saturated heterocycles. The maximum Gasteiger partial charge on any atom is 0.490 e. The van der Waals surface area contributed by atoms with Crippen molar-refractivity contribution >= 4 is 69.0 Å². The highest BCUT2D eigenvalue weighted by atomic mass is 35.5. The molecule has 1 fully saturated rings. The van der Waals surface area contributed by atoms with Crippen molar-refractivity contribution in [3.05, 3.63) is 76.0 Å². The number of fused-ring (bicyclic) bond motifs is 6. The fraction of sp³-hybridized carbons (Fsp3) is 0.353. The maximum atomic E-state index is 12.6. The first-order valence-electron chi connectivity index (χ1n) is 16.3. The van der Waals surface area contributed by atoms with Gasteiger partial charge in [0.1, 0.15) is 10.8 Å². The summed E-state index contributed by atoms with van der Waals surface area (Å²) in [5.74, 6) is -3.13. The first kappa shape index (κ1) is 42.4. The van der Waals surface area contributed by atoms with E-state index in [9.17, 15) is 31.1 Å². The van der Waals surface area contributed by atoms with Gasteiger partial charge in [-0.2, -0.15) is 31.3 Å². The Balaban J connectivity index is 0.000000410. The second-order valence-electron chi connectivity index (χ2n) is 12.1. The molecule has 0 radical (unpaired) electrons. The molecule has 6 bridgehead atoms. The minimum atomic E-state index is -5.08. The Hall–Kier alpha value is -5.37. The number of aliphatic carboxylic acids is 2. The van der Waals surface area contributed by atoms with E-state index in [-0.39, 0.29) is 6.03 Å². The van der Waals surface area contributed by atoms with Gasteiger partial charge in [0, 0.05) is 25.0 Å². The van der Waals surface area contributed by atoms with E-state index in [1.54, 1.807) is 23.7 Å². The van der Waals surface area contributed by atoms with Crippen LogP contribution in [0.5, 0.6) is 5.75 Å². The molecule has 5 N–H and O–H groups in total. The summed E-state index contributed by atoms with van der Waals surface area (Å²) in [6, 6.07) is 10.2. The van der Waals surface area contributed by atoms with Gasteiger partial charge < -0.3 is 30.5 Å². The molecule has 55 heavy (non-hydrogen) atoms. The monoisotopic (exact) mass is 817 g/mol. The number of pyridine rings is 1. The number of nitrogens with zero attached hydrogens (tertiary/aromatic N) is 4. The van der Waals surface area contributed by atoms with Crippen molar-refractivity contribution in [1.29, 1.82) is 0 Å². The summed E-state index contributed by atoms with van der Waals surface area (Å²) in [5.41, 5.74) is 5.08. The number of carbonyl (C=O) groups is 3. The van der Waals surface area contributed by atoms with Crippen molar-refractivity contribution in [2.75, 3.05) is 35.6 Å². The zero-order chi connectivity index (χ0) is 40.3. The number of aryl methyl sites for hydroxylation is 3. The predicted octanol–water partition coefficient (Wildman–Crippen LogP) is 8.46. The number of alkyl halides is 6. The smallest absolute Gasteiger partial charge is 0.490 e. The molecule has 3 aromatic heterocycles. The lowest BCUT2D eigenvalue weighted by atomic mass is 9.94. The van der Waals surface area contributed by atoms with E-state index in [0.29, 0.717) is 29.3 Å². The standard InChI is InChI=1S/C30H32ClN7O2S.2C2HF3O2/c1-19-12-27(41-18-19)36-30(39)38-9-6-20(7-10-38)8-11-40-26-5-4-23-14-22(26)3-2-21-13-24(16-32-15-21)35-29-33-17-25(31)28(34-23)37-29;2*3-2(4,5)1(6)7/h4-5,12-18,20H,2-3,6-11H2,1H3,(H,36,39)(H2,33,34,35,37);2*(H,6,7). The van der Waals surface area contributed by atoms with Gasteiger partial charge >= 0.3 is 30.3 Å². The Labute approximate surface area is 318 Å². The van der Waals surface area contributed by atoms with Gasteiger partial charge in [0.15, 0.2) is 5.82 Å². The highest BCUT2D eigenvalue weighted by Crippen LogP contribution is 2.31. The minimum absolute atomic E-state index is 0.00810. The zero-order valence-electron chi connectivity index (χ0n) is 28.8. The van der Waals surface area contributed by atoms with Crippen LogP contribution in [0.4, 0.5) is 59.3 Å². The van der Waals surface area contributed by atoms with Crippen LogP contribution >= 0.6 is 22.9 Å². The Morgan fingerprint density at radius 3 is 2.25 bits per heavy atom. The molecule has 0 atom stereocenters. The van der Waals surface area contributed by atoms with Gasteiger partial charge in [0.25, 0.3) is 0 Å². The lowest BCUT2D eigenvalue weighted by Gasteiger charge is -2.31. The molecule has 6 rings (SSSR count). The van der Waals surface area contributed by atoms with Crippen molar-refractivity contribution in [3.63, 3.8) is 0 Å². The highest BCUT2D eigenvalue weighted by molar-refractivity contribution is 7.14. The molecular weight excluding hydrogens is 784 g/mol. The average molecular weight is 818 g/mol. The predicted molar refractivity (Wildman–Crippen MR) is 192 cm³/mol. The summed E-state index contributed by atoms with van der Waals surface area (Å²) in [6.07, 6.45) is -0.423. The number of rotatable bonds is 5. The minimum Gasteiger partial charge on any atom is -0.493 e. The Bertz CT molecular complexity index is 1930. The van der Waals surface area contributed by atoms with Crippen LogP contribution in [-0.2, 0) is 22.4 Å². The summed E-state index contributed by atoms with van der Waals surface area (Å²) in [5, 5.41) is 27.2. The fourth-order valence-electron chi connectivity index (χ4n) is 5.19. The van der Waals surface area contributed by atoms with Crippen molar-refractivity contribution in [2.45, 2.75) is 51.4 Å². The third-order valence-electron chi connectivity index (χ3n) is 7.93. The van der Waals surface area contributed by atoms with Crippen LogP contribution in [-0.4, -0.2) is 80.1 Å². The highest BCUT2D eigenvalue weighted by Gasteiger charge is 2.39. The van der Waals surface area contributed by atoms with Gasteiger partial charge in [-0.25, -0.2) is 19.4 Å². The summed E-state index contributed by atoms with van der Waals surface area (Å²) >= 11 is 7.96. The molecule has 0 aliphatic carbocycles. The number of urea groups is 1. The molecule has 5 heterocycles. The van der Waals surface area contributed by atoms with E-state index in [1.165, 1.54) is 5.56 Å². The number of carbonyl (C=O) groups excluding carboxylic acids is 1. The van der Waals surface area contributed by atoms with Gasteiger partial charge in [-0.3, -0.25) is 10.3 Å². The van der Waals surface area contributed by atoms with Crippen LogP contribution in [0.1, 0.15) is 36.0 Å². The number of likely N-dealkylation sites (tertiary alicyclic amines) is 1. The Kier molecular flexibility index (Phi) is 14.5. The first-order chi connectivity index (χ1) is 25.9. The number of benzene rings is 1. The van der Waals surface area contributed by atoms with Gasteiger partial charge in [-0.15, -0.1) is 11.3 Å². The number of halogens is 7. The lowest BCUT2D eigenvalue weighted by molar-refractivity contribution is -0.193. The number of piperidine rings is 1.